The smallest absolute Gasteiger partial charge is 0.342 e. The van der Waals surface area contributed by atoms with Crippen LogP contribution in [0.3, 0.4) is 0 Å². The van der Waals surface area contributed by atoms with Gasteiger partial charge in [-0.25, -0.2) is 13.9 Å². The minimum absolute atomic E-state index is 0.189. The lowest BCUT2D eigenvalue weighted by molar-refractivity contribution is -0.129. The number of carbonyl (C=O) groups is 2. The van der Waals surface area contributed by atoms with E-state index in [0.29, 0.717) is 22.7 Å². The van der Waals surface area contributed by atoms with Crippen molar-refractivity contribution in [3.63, 3.8) is 0 Å². The van der Waals surface area contributed by atoms with Crippen LogP contribution in [0, 0.1) is 11.2 Å². The van der Waals surface area contributed by atoms with E-state index >= 15 is 0 Å². The molecule has 2 aromatic carbocycles. The van der Waals surface area contributed by atoms with Crippen molar-refractivity contribution in [2.45, 2.75) is 20.8 Å². The number of methoxy groups -OCH3 is 1. The van der Waals surface area contributed by atoms with Crippen molar-refractivity contribution in [1.82, 2.24) is 9.78 Å². The van der Waals surface area contributed by atoms with Crippen molar-refractivity contribution < 1.29 is 23.5 Å². The van der Waals surface area contributed by atoms with Gasteiger partial charge in [-0.05, 0) is 36.4 Å². The van der Waals surface area contributed by atoms with Gasteiger partial charge in [-0.2, -0.15) is 5.10 Å². The molecule has 6 nitrogen and oxygen atoms in total. The lowest BCUT2D eigenvalue weighted by atomic mass is 9.91. The number of rotatable bonds is 6. The molecule has 0 N–H and O–H groups in total. The summed E-state index contributed by atoms with van der Waals surface area (Å²) in [5.74, 6) is -0.631. The average molecular weight is 410 g/mol. The summed E-state index contributed by atoms with van der Waals surface area (Å²) in [5.41, 5.74) is 1.16. The highest BCUT2D eigenvalue weighted by molar-refractivity contribution is 5.97. The third kappa shape index (κ3) is 4.74. The molecule has 0 saturated carbocycles. The molecule has 0 aliphatic rings. The second-order valence-corrected chi connectivity index (χ2v) is 7.79. The molecule has 0 saturated heterocycles. The topological polar surface area (TPSA) is 70.4 Å². The van der Waals surface area contributed by atoms with E-state index in [1.54, 1.807) is 64.3 Å². The van der Waals surface area contributed by atoms with Crippen LogP contribution in [0.5, 0.6) is 5.75 Å². The molecule has 0 atom stereocenters. The van der Waals surface area contributed by atoms with Gasteiger partial charge in [0.2, 0.25) is 0 Å². The number of carbonyl (C=O) groups excluding carboxylic acids is 2. The summed E-state index contributed by atoms with van der Waals surface area (Å²) in [7, 11) is 1.55. The number of esters is 1. The van der Waals surface area contributed by atoms with Gasteiger partial charge in [0.25, 0.3) is 0 Å². The van der Waals surface area contributed by atoms with Crippen LogP contribution in [0.4, 0.5) is 4.39 Å². The number of ketones is 1. The summed E-state index contributed by atoms with van der Waals surface area (Å²) in [4.78, 5) is 25.0. The second kappa shape index (κ2) is 8.49. The summed E-state index contributed by atoms with van der Waals surface area (Å²) in [5, 5.41) is 4.51. The summed E-state index contributed by atoms with van der Waals surface area (Å²) >= 11 is 0. The van der Waals surface area contributed by atoms with Gasteiger partial charge in [0, 0.05) is 17.2 Å². The van der Waals surface area contributed by atoms with Gasteiger partial charge >= 0.3 is 5.97 Å². The van der Waals surface area contributed by atoms with Crippen molar-refractivity contribution in [3.8, 4) is 22.7 Å². The SMILES string of the molecule is COc1cccc(-c2nn(-c3ccc(F)cc3)cc2C(=O)OCC(=O)C(C)(C)C)c1. The lowest BCUT2D eigenvalue weighted by Gasteiger charge is -2.16. The average Bonchev–Trinajstić information content (AvgIpc) is 3.17. The Morgan fingerprint density at radius 2 is 1.80 bits per heavy atom. The third-order valence-corrected chi connectivity index (χ3v) is 4.54. The first-order valence-electron chi connectivity index (χ1n) is 9.39. The number of aromatic nitrogens is 2. The molecule has 7 heteroatoms. The fourth-order valence-corrected chi connectivity index (χ4v) is 2.66. The van der Waals surface area contributed by atoms with Crippen LogP contribution < -0.4 is 4.74 Å². The van der Waals surface area contributed by atoms with E-state index in [0.717, 1.165) is 0 Å². The Hall–Kier alpha value is -3.48. The van der Waals surface area contributed by atoms with Crippen LogP contribution in [-0.4, -0.2) is 35.2 Å². The Labute approximate surface area is 174 Å². The molecular formula is C23H23FN2O4. The molecule has 0 amide bonds. The van der Waals surface area contributed by atoms with Crippen LogP contribution >= 0.6 is 0 Å². The van der Waals surface area contributed by atoms with Crippen molar-refractivity contribution >= 4 is 11.8 Å². The number of Topliss-reactive ketones (excluding diaryl/α,β-unsaturated/α-hetero) is 1. The minimum atomic E-state index is -0.668. The number of hydrogen-bond acceptors (Lipinski definition) is 5. The summed E-state index contributed by atoms with van der Waals surface area (Å²) in [6.45, 7) is 4.95. The first-order valence-corrected chi connectivity index (χ1v) is 9.39. The van der Waals surface area contributed by atoms with E-state index in [9.17, 15) is 14.0 Å². The highest BCUT2D eigenvalue weighted by atomic mass is 19.1. The van der Waals surface area contributed by atoms with Crippen molar-refractivity contribution in [2.24, 2.45) is 5.41 Å². The van der Waals surface area contributed by atoms with Crippen molar-refractivity contribution in [3.05, 3.63) is 66.1 Å². The third-order valence-electron chi connectivity index (χ3n) is 4.54. The van der Waals surface area contributed by atoms with Gasteiger partial charge in [-0.3, -0.25) is 4.79 Å². The Morgan fingerprint density at radius 3 is 2.43 bits per heavy atom. The maximum absolute atomic E-state index is 13.3. The highest BCUT2D eigenvalue weighted by Gasteiger charge is 2.25. The number of ether oxygens (including phenoxy) is 2. The van der Waals surface area contributed by atoms with E-state index in [-0.39, 0.29) is 23.8 Å². The number of nitrogens with zero attached hydrogens (tertiary/aromatic N) is 2. The van der Waals surface area contributed by atoms with Crippen LogP contribution in [0.2, 0.25) is 0 Å². The van der Waals surface area contributed by atoms with Crippen LogP contribution in [0.25, 0.3) is 16.9 Å². The molecule has 0 bridgehead atoms. The lowest BCUT2D eigenvalue weighted by Crippen LogP contribution is -2.26. The summed E-state index contributed by atoms with van der Waals surface area (Å²) < 4.78 is 25.3. The van der Waals surface area contributed by atoms with E-state index < -0.39 is 11.4 Å². The molecular weight excluding hydrogens is 387 g/mol. The number of benzene rings is 2. The molecule has 3 rings (SSSR count). The highest BCUT2D eigenvalue weighted by Crippen LogP contribution is 2.28. The monoisotopic (exact) mass is 410 g/mol. The van der Waals surface area contributed by atoms with E-state index in [2.05, 4.69) is 5.10 Å². The van der Waals surface area contributed by atoms with E-state index in [1.165, 1.54) is 23.0 Å². The van der Waals surface area contributed by atoms with Crippen LogP contribution in [-0.2, 0) is 9.53 Å². The molecule has 0 aliphatic carbocycles. The molecule has 1 aromatic heterocycles. The molecule has 3 aromatic rings. The zero-order valence-corrected chi connectivity index (χ0v) is 17.3. The van der Waals surface area contributed by atoms with Gasteiger partial charge in [0.1, 0.15) is 22.8 Å². The van der Waals surface area contributed by atoms with E-state index in [4.69, 9.17) is 9.47 Å². The van der Waals surface area contributed by atoms with Crippen molar-refractivity contribution in [1.29, 1.82) is 0 Å². The first-order chi connectivity index (χ1) is 14.2. The van der Waals surface area contributed by atoms with Gasteiger partial charge in [-0.15, -0.1) is 0 Å². The standard InChI is InChI=1S/C23H23FN2O4/c1-23(2,3)20(27)14-30-22(28)19-13-26(17-10-8-16(24)9-11-17)25-21(19)15-6-5-7-18(12-15)29-4/h5-13H,14H2,1-4H3. The zero-order valence-electron chi connectivity index (χ0n) is 17.3. The predicted octanol–water partition coefficient (Wildman–Crippen LogP) is 4.46. The molecule has 0 radical (unpaired) electrons. The largest absolute Gasteiger partial charge is 0.497 e. The van der Waals surface area contributed by atoms with Gasteiger partial charge in [0.05, 0.1) is 12.8 Å². The predicted molar refractivity (Wildman–Crippen MR) is 110 cm³/mol. The van der Waals surface area contributed by atoms with Gasteiger partial charge in [0.15, 0.2) is 12.4 Å². The molecule has 156 valence electrons. The molecule has 30 heavy (non-hydrogen) atoms. The van der Waals surface area contributed by atoms with Crippen molar-refractivity contribution in [2.75, 3.05) is 13.7 Å². The van der Waals surface area contributed by atoms with Crippen LogP contribution in [0.15, 0.2) is 54.7 Å². The quantitative estimate of drug-likeness (QED) is 0.561. The summed E-state index contributed by atoms with van der Waals surface area (Å²) in [6.07, 6.45) is 1.51. The Kier molecular flexibility index (Phi) is 6.01. The summed E-state index contributed by atoms with van der Waals surface area (Å²) in [6, 6.07) is 12.8. The number of halogens is 1. The fourth-order valence-electron chi connectivity index (χ4n) is 2.66. The maximum Gasteiger partial charge on any atom is 0.342 e. The van der Waals surface area contributed by atoms with Gasteiger partial charge < -0.3 is 9.47 Å². The van der Waals surface area contributed by atoms with Crippen LogP contribution in [0.1, 0.15) is 31.1 Å². The molecule has 1 heterocycles. The first kappa shape index (κ1) is 21.2. The maximum atomic E-state index is 13.3. The Balaban J connectivity index is 2.00. The zero-order chi connectivity index (χ0) is 21.9. The van der Waals surface area contributed by atoms with Gasteiger partial charge in [-0.1, -0.05) is 32.9 Å². The molecule has 0 unspecified atom stereocenters. The second-order valence-electron chi connectivity index (χ2n) is 7.79. The van der Waals surface area contributed by atoms with E-state index in [1.807, 2.05) is 0 Å². The normalized spacial score (nSPS) is 11.2. The fraction of sp³-hybridized carbons (Fsp3) is 0.261. The number of hydrogen-bond donors (Lipinski definition) is 0. The Bertz CT molecular complexity index is 1070. The minimum Gasteiger partial charge on any atom is -0.497 e. The molecule has 0 aliphatic heterocycles. The Morgan fingerprint density at radius 1 is 1.10 bits per heavy atom. The molecule has 0 fully saturated rings. The molecule has 0 spiro atoms.